The van der Waals surface area contributed by atoms with Gasteiger partial charge in [-0.1, -0.05) is 0 Å². The predicted molar refractivity (Wildman–Crippen MR) is 56.6 cm³/mol. The zero-order valence-corrected chi connectivity index (χ0v) is 9.75. The molecule has 1 N–H and O–H groups in total. The fourth-order valence-electron chi connectivity index (χ4n) is 2.43. The van der Waals surface area contributed by atoms with Gasteiger partial charge in [-0.3, -0.25) is 19.7 Å². The SMILES string of the molecule is O=C1CN(C(=O)C2CCCC(F)(F)C2)CC(=O)N1. The fraction of sp³-hybridized carbons (Fsp3) is 0.727. The van der Waals surface area contributed by atoms with Crippen molar-refractivity contribution < 1.29 is 23.2 Å². The van der Waals surface area contributed by atoms with E-state index in [2.05, 4.69) is 5.32 Å². The molecule has 1 heterocycles. The van der Waals surface area contributed by atoms with Crippen LogP contribution in [0.1, 0.15) is 25.7 Å². The van der Waals surface area contributed by atoms with Crippen molar-refractivity contribution >= 4 is 17.7 Å². The van der Waals surface area contributed by atoms with Gasteiger partial charge in [0.15, 0.2) is 0 Å². The summed E-state index contributed by atoms with van der Waals surface area (Å²) in [5.74, 6) is -5.25. The molecular weight excluding hydrogens is 246 g/mol. The van der Waals surface area contributed by atoms with Crippen molar-refractivity contribution in [2.75, 3.05) is 13.1 Å². The van der Waals surface area contributed by atoms with Gasteiger partial charge in [-0.05, 0) is 12.8 Å². The van der Waals surface area contributed by atoms with E-state index < -0.39 is 36.0 Å². The number of nitrogens with one attached hydrogen (secondary N) is 1. The smallest absolute Gasteiger partial charge is 0.248 e. The first kappa shape index (κ1) is 12.9. The predicted octanol–water partition coefficient (Wildman–Crippen LogP) is 0.297. The van der Waals surface area contributed by atoms with E-state index in [0.29, 0.717) is 6.42 Å². The number of carbonyl (C=O) groups excluding carboxylic acids is 3. The lowest BCUT2D eigenvalue weighted by Crippen LogP contribution is -2.55. The average molecular weight is 260 g/mol. The molecule has 0 bridgehead atoms. The van der Waals surface area contributed by atoms with Gasteiger partial charge in [0, 0.05) is 18.8 Å². The van der Waals surface area contributed by atoms with Crippen LogP contribution in [-0.2, 0) is 14.4 Å². The van der Waals surface area contributed by atoms with E-state index in [1.807, 2.05) is 0 Å². The van der Waals surface area contributed by atoms with Crippen molar-refractivity contribution in [3.8, 4) is 0 Å². The number of piperazine rings is 1. The van der Waals surface area contributed by atoms with Crippen molar-refractivity contribution in [1.82, 2.24) is 10.2 Å². The minimum atomic E-state index is -2.82. The summed E-state index contributed by atoms with van der Waals surface area (Å²) in [6, 6.07) is 0. The third-order valence-electron chi connectivity index (χ3n) is 3.25. The van der Waals surface area contributed by atoms with Crippen LogP contribution in [0.2, 0.25) is 0 Å². The second-order valence-electron chi connectivity index (χ2n) is 4.81. The Kier molecular flexibility index (Phi) is 3.32. The molecule has 0 radical (unpaired) electrons. The highest BCUT2D eigenvalue weighted by Crippen LogP contribution is 2.37. The van der Waals surface area contributed by atoms with Crippen LogP contribution < -0.4 is 5.32 Å². The van der Waals surface area contributed by atoms with Gasteiger partial charge in [0.25, 0.3) is 0 Å². The first-order valence-electron chi connectivity index (χ1n) is 5.87. The summed E-state index contributed by atoms with van der Waals surface area (Å²) in [5.41, 5.74) is 0. The molecule has 1 unspecified atom stereocenters. The third kappa shape index (κ3) is 2.83. The van der Waals surface area contributed by atoms with Crippen LogP contribution in [0.15, 0.2) is 0 Å². The summed E-state index contributed by atoms with van der Waals surface area (Å²) in [4.78, 5) is 35.3. The van der Waals surface area contributed by atoms with Crippen LogP contribution in [-0.4, -0.2) is 41.6 Å². The zero-order chi connectivity index (χ0) is 13.3. The molecule has 1 saturated carbocycles. The topological polar surface area (TPSA) is 66.5 Å². The van der Waals surface area contributed by atoms with E-state index in [4.69, 9.17) is 0 Å². The molecule has 0 aromatic rings. The van der Waals surface area contributed by atoms with E-state index in [-0.39, 0.29) is 25.9 Å². The average Bonchev–Trinajstić information content (AvgIpc) is 2.25. The Morgan fingerprint density at radius 2 is 1.89 bits per heavy atom. The summed E-state index contributed by atoms with van der Waals surface area (Å²) < 4.78 is 26.4. The standard InChI is InChI=1S/C11H14F2N2O3/c12-11(13)3-1-2-7(4-11)10(18)15-5-8(16)14-9(17)6-15/h7H,1-6H2,(H,14,16,17). The van der Waals surface area contributed by atoms with Crippen LogP contribution in [0.4, 0.5) is 8.78 Å². The Morgan fingerprint density at radius 1 is 1.28 bits per heavy atom. The van der Waals surface area contributed by atoms with Gasteiger partial charge in [-0.25, -0.2) is 8.78 Å². The first-order valence-corrected chi connectivity index (χ1v) is 5.87. The molecule has 1 atom stereocenters. The van der Waals surface area contributed by atoms with Crippen molar-refractivity contribution in [2.24, 2.45) is 5.92 Å². The van der Waals surface area contributed by atoms with Gasteiger partial charge in [0.05, 0.1) is 0 Å². The maximum atomic E-state index is 13.2. The lowest BCUT2D eigenvalue weighted by atomic mass is 9.85. The number of carbonyl (C=O) groups is 3. The largest absolute Gasteiger partial charge is 0.324 e. The number of alkyl halides is 2. The van der Waals surface area contributed by atoms with E-state index in [1.54, 1.807) is 0 Å². The second kappa shape index (κ2) is 4.62. The third-order valence-corrected chi connectivity index (χ3v) is 3.25. The summed E-state index contributed by atoms with van der Waals surface area (Å²) in [5, 5.41) is 2.06. The minimum Gasteiger partial charge on any atom is -0.324 e. The first-order chi connectivity index (χ1) is 8.37. The molecule has 1 aliphatic heterocycles. The molecular formula is C11H14F2N2O3. The molecule has 0 aromatic heterocycles. The molecule has 2 fully saturated rings. The van der Waals surface area contributed by atoms with Crippen molar-refractivity contribution in [3.05, 3.63) is 0 Å². The maximum Gasteiger partial charge on any atom is 0.248 e. The Hall–Kier alpha value is -1.53. The molecule has 3 amide bonds. The molecule has 5 nitrogen and oxygen atoms in total. The Morgan fingerprint density at radius 3 is 2.44 bits per heavy atom. The van der Waals surface area contributed by atoms with Gasteiger partial charge < -0.3 is 4.90 Å². The Bertz CT molecular complexity index is 382. The normalized spacial score (nSPS) is 27.9. The Labute approximate surface area is 103 Å². The summed E-state index contributed by atoms with van der Waals surface area (Å²) >= 11 is 0. The van der Waals surface area contributed by atoms with Crippen LogP contribution in [0, 0.1) is 5.92 Å². The number of hydrogen-bond acceptors (Lipinski definition) is 3. The highest BCUT2D eigenvalue weighted by atomic mass is 19.3. The minimum absolute atomic E-state index is 0.198. The number of hydrogen-bond donors (Lipinski definition) is 1. The summed E-state index contributed by atoms with van der Waals surface area (Å²) in [6.07, 6.45) is -0.00748. The number of rotatable bonds is 1. The highest BCUT2D eigenvalue weighted by molar-refractivity contribution is 6.02. The summed E-state index contributed by atoms with van der Waals surface area (Å²) in [6.45, 7) is -0.459. The molecule has 100 valence electrons. The quantitative estimate of drug-likeness (QED) is 0.689. The lowest BCUT2D eigenvalue weighted by Gasteiger charge is -2.33. The number of imide groups is 1. The number of halogens is 2. The van der Waals surface area contributed by atoms with Crippen molar-refractivity contribution in [1.29, 1.82) is 0 Å². The number of nitrogens with zero attached hydrogens (tertiary/aromatic N) is 1. The summed E-state index contributed by atoms with van der Waals surface area (Å²) in [7, 11) is 0. The van der Waals surface area contributed by atoms with Gasteiger partial charge >= 0.3 is 0 Å². The van der Waals surface area contributed by atoms with Crippen LogP contribution in [0.3, 0.4) is 0 Å². The monoisotopic (exact) mass is 260 g/mol. The van der Waals surface area contributed by atoms with Crippen molar-refractivity contribution in [3.63, 3.8) is 0 Å². The van der Waals surface area contributed by atoms with Gasteiger partial charge in [0.1, 0.15) is 13.1 Å². The fourth-order valence-corrected chi connectivity index (χ4v) is 2.43. The van der Waals surface area contributed by atoms with E-state index in [0.717, 1.165) is 4.90 Å². The Balaban J connectivity index is 2.02. The molecule has 1 saturated heterocycles. The van der Waals surface area contributed by atoms with Crippen LogP contribution in [0.5, 0.6) is 0 Å². The van der Waals surface area contributed by atoms with Gasteiger partial charge in [0.2, 0.25) is 23.6 Å². The molecule has 0 spiro atoms. The van der Waals surface area contributed by atoms with E-state index in [9.17, 15) is 23.2 Å². The van der Waals surface area contributed by atoms with Crippen LogP contribution >= 0.6 is 0 Å². The van der Waals surface area contributed by atoms with E-state index >= 15 is 0 Å². The van der Waals surface area contributed by atoms with Gasteiger partial charge in [-0.2, -0.15) is 0 Å². The van der Waals surface area contributed by atoms with Crippen molar-refractivity contribution in [2.45, 2.75) is 31.6 Å². The molecule has 2 aliphatic rings. The van der Waals surface area contributed by atoms with E-state index in [1.165, 1.54) is 0 Å². The number of amides is 3. The molecule has 0 aromatic carbocycles. The molecule has 18 heavy (non-hydrogen) atoms. The highest BCUT2D eigenvalue weighted by Gasteiger charge is 2.41. The maximum absolute atomic E-state index is 13.2. The molecule has 1 aliphatic carbocycles. The molecule has 7 heteroatoms. The second-order valence-corrected chi connectivity index (χ2v) is 4.81. The molecule has 2 rings (SSSR count). The van der Waals surface area contributed by atoms with Crippen LogP contribution in [0.25, 0.3) is 0 Å². The lowest BCUT2D eigenvalue weighted by molar-refractivity contribution is -0.151. The zero-order valence-electron chi connectivity index (χ0n) is 9.75. The van der Waals surface area contributed by atoms with Gasteiger partial charge in [-0.15, -0.1) is 0 Å².